The van der Waals surface area contributed by atoms with Gasteiger partial charge in [-0.2, -0.15) is 5.26 Å². The Labute approximate surface area is 157 Å². The van der Waals surface area contributed by atoms with Gasteiger partial charge in [-0.05, 0) is 42.5 Å². The number of allylic oxidation sites excluding steroid dienone is 2. The van der Waals surface area contributed by atoms with Crippen LogP contribution in [0, 0.1) is 23.1 Å². The summed E-state index contributed by atoms with van der Waals surface area (Å²) in [5.41, 5.74) is 3.81. The van der Waals surface area contributed by atoms with Gasteiger partial charge in [-0.15, -0.1) is 0 Å². The highest BCUT2D eigenvalue weighted by Crippen LogP contribution is 2.46. The standard InChI is InChI=1S/C23H19FN2O/c1-14-19(13-25)22(16-8-5-9-18(24)10-16)23-20(26-14)11-17(12-21(23)27)15-6-3-2-4-7-15/h2-10,17,19,22H,11-12H2,1H3. The van der Waals surface area contributed by atoms with Crippen LogP contribution in [0.1, 0.15) is 42.7 Å². The molecule has 0 aromatic heterocycles. The van der Waals surface area contributed by atoms with Crippen LogP contribution in [0.3, 0.4) is 0 Å². The summed E-state index contributed by atoms with van der Waals surface area (Å²) in [7, 11) is 0. The topological polar surface area (TPSA) is 53.2 Å². The van der Waals surface area contributed by atoms with Crippen LogP contribution in [-0.2, 0) is 4.79 Å². The lowest BCUT2D eigenvalue weighted by Crippen LogP contribution is -2.32. The maximum absolute atomic E-state index is 13.8. The van der Waals surface area contributed by atoms with Crippen LogP contribution in [0.4, 0.5) is 4.39 Å². The molecular weight excluding hydrogens is 339 g/mol. The van der Waals surface area contributed by atoms with E-state index >= 15 is 0 Å². The van der Waals surface area contributed by atoms with Gasteiger partial charge in [0.05, 0.1) is 12.0 Å². The molecule has 2 aromatic rings. The van der Waals surface area contributed by atoms with Gasteiger partial charge >= 0.3 is 0 Å². The van der Waals surface area contributed by atoms with E-state index < -0.39 is 11.8 Å². The summed E-state index contributed by atoms with van der Waals surface area (Å²) in [5.74, 6) is -1.28. The molecule has 0 saturated heterocycles. The molecule has 0 bridgehead atoms. The average molecular weight is 358 g/mol. The van der Waals surface area contributed by atoms with Gasteiger partial charge in [0.1, 0.15) is 5.82 Å². The molecule has 3 nitrogen and oxygen atoms in total. The van der Waals surface area contributed by atoms with Crippen molar-refractivity contribution < 1.29 is 9.18 Å². The van der Waals surface area contributed by atoms with Gasteiger partial charge in [0.25, 0.3) is 0 Å². The Kier molecular flexibility index (Phi) is 4.45. The van der Waals surface area contributed by atoms with Gasteiger partial charge in [-0.25, -0.2) is 4.39 Å². The molecular formula is C23H19FN2O. The highest BCUT2D eigenvalue weighted by Gasteiger charge is 2.41. The van der Waals surface area contributed by atoms with Crippen LogP contribution < -0.4 is 0 Å². The van der Waals surface area contributed by atoms with E-state index in [9.17, 15) is 14.4 Å². The molecule has 3 unspecified atom stereocenters. The second kappa shape index (κ2) is 6.92. The number of aliphatic imine (C=N–C) groups is 1. The fraction of sp³-hybridized carbons (Fsp3) is 0.261. The molecule has 1 heterocycles. The Morgan fingerprint density at radius 3 is 2.52 bits per heavy atom. The lowest BCUT2D eigenvalue weighted by molar-refractivity contribution is -0.116. The van der Waals surface area contributed by atoms with Crippen molar-refractivity contribution in [3.8, 4) is 6.07 Å². The minimum atomic E-state index is -0.553. The number of halogens is 1. The summed E-state index contributed by atoms with van der Waals surface area (Å²) in [6.07, 6.45) is 1.05. The Hall–Kier alpha value is -3.06. The first-order chi connectivity index (χ1) is 13.1. The van der Waals surface area contributed by atoms with Crippen molar-refractivity contribution in [2.75, 3.05) is 0 Å². The highest BCUT2D eigenvalue weighted by atomic mass is 19.1. The molecule has 1 aliphatic carbocycles. The number of ketones is 1. The molecule has 2 aliphatic rings. The van der Waals surface area contributed by atoms with Crippen molar-refractivity contribution in [3.63, 3.8) is 0 Å². The molecule has 0 fully saturated rings. The number of hydrogen-bond acceptors (Lipinski definition) is 3. The second-order valence-electron chi connectivity index (χ2n) is 7.19. The summed E-state index contributed by atoms with van der Waals surface area (Å²) >= 11 is 0. The van der Waals surface area contributed by atoms with Gasteiger partial charge < -0.3 is 0 Å². The van der Waals surface area contributed by atoms with Gasteiger partial charge in [0.15, 0.2) is 5.78 Å². The largest absolute Gasteiger partial charge is 0.294 e. The van der Waals surface area contributed by atoms with Crippen LogP contribution in [0.25, 0.3) is 0 Å². The van der Waals surface area contributed by atoms with Gasteiger partial charge in [0.2, 0.25) is 0 Å². The summed E-state index contributed by atoms with van der Waals surface area (Å²) in [6.45, 7) is 1.82. The first kappa shape index (κ1) is 17.4. The summed E-state index contributed by atoms with van der Waals surface area (Å²) in [6, 6.07) is 18.5. The van der Waals surface area contributed by atoms with E-state index in [0.717, 1.165) is 11.3 Å². The maximum Gasteiger partial charge on any atom is 0.161 e. The van der Waals surface area contributed by atoms with Gasteiger partial charge in [-0.1, -0.05) is 42.5 Å². The number of rotatable bonds is 2. The number of carbonyl (C=O) groups excluding carboxylic acids is 1. The second-order valence-corrected chi connectivity index (χ2v) is 7.19. The Morgan fingerprint density at radius 2 is 1.81 bits per heavy atom. The molecule has 0 saturated carbocycles. The molecule has 3 atom stereocenters. The SMILES string of the molecule is CC1=NC2=C(C(=O)CC(c3ccccc3)C2)C(c2cccc(F)c2)C1C#N. The van der Waals surface area contributed by atoms with Crippen molar-refractivity contribution in [2.45, 2.75) is 31.6 Å². The minimum absolute atomic E-state index is 0.0101. The Balaban J connectivity index is 1.81. The number of benzene rings is 2. The molecule has 0 radical (unpaired) electrons. The van der Waals surface area contributed by atoms with E-state index in [1.54, 1.807) is 12.1 Å². The van der Waals surface area contributed by atoms with Crippen molar-refractivity contribution in [1.82, 2.24) is 0 Å². The molecule has 4 heteroatoms. The van der Waals surface area contributed by atoms with Gasteiger partial charge in [0, 0.05) is 29.3 Å². The van der Waals surface area contributed by atoms with Crippen LogP contribution in [0.15, 0.2) is 70.9 Å². The minimum Gasteiger partial charge on any atom is -0.294 e. The zero-order chi connectivity index (χ0) is 19.0. The van der Waals surface area contributed by atoms with Crippen LogP contribution >= 0.6 is 0 Å². The van der Waals surface area contributed by atoms with E-state index in [2.05, 4.69) is 11.1 Å². The van der Waals surface area contributed by atoms with Crippen LogP contribution in [-0.4, -0.2) is 11.5 Å². The fourth-order valence-electron chi connectivity index (χ4n) is 4.25. The number of nitrogens with zero attached hydrogens (tertiary/aromatic N) is 2. The first-order valence-corrected chi connectivity index (χ1v) is 9.10. The predicted octanol–water partition coefficient (Wildman–Crippen LogP) is 4.92. The molecule has 0 spiro atoms. The summed E-state index contributed by atoms with van der Waals surface area (Å²) in [5, 5.41) is 9.71. The maximum atomic E-state index is 13.8. The van der Waals surface area contributed by atoms with Crippen molar-refractivity contribution in [2.24, 2.45) is 10.9 Å². The molecule has 4 rings (SSSR count). The monoisotopic (exact) mass is 358 g/mol. The number of carbonyl (C=O) groups is 1. The highest BCUT2D eigenvalue weighted by molar-refractivity contribution is 6.03. The third-order valence-electron chi connectivity index (χ3n) is 5.51. The zero-order valence-corrected chi connectivity index (χ0v) is 15.0. The van der Waals surface area contributed by atoms with E-state index in [1.165, 1.54) is 12.1 Å². The normalized spacial score (nSPS) is 24.9. The van der Waals surface area contributed by atoms with E-state index in [4.69, 9.17) is 0 Å². The summed E-state index contributed by atoms with van der Waals surface area (Å²) in [4.78, 5) is 17.8. The third kappa shape index (κ3) is 3.10. The lowest BCUT2D eigenvalue weighted by Gasteiger charge is -2.35. The van der Waals surface area contributed by atoms with Crippen molar-refractivity contribution >= 4 is 11.5 Å². The first-order valence-electron chi connectivity index (χ1n) is 9.10. The molecule has 27 heavy (non-hydrogen) atoms. The molecule has 2 aromatic carbocycles. The van der Waals surface area contributed by atoms with Crippen molar-refractivity contribution in [3.05, 3.63) is 82.8 Å². The number of nitriles is 1. The zero-order valence-electron chi connectivity index (χ0n) is 15.0. The molecule has 1 aliphatic heterocycles. The van der Waals surface area contributed by atoms with Crippen LogP contribution in [0.5, 0.6) is 0 Å². The molecule has 0 N–H and O–H groups in total. The smallest absolute Gasteiger partial charge is 0.161 e. The number of Topliss-reactive ketones (excluding diaryl/α,β-unsaturated/α-hetero) is 1. The third-order valence-corrected chi connectivity index (χ3v) is 5.51. The van der Waals surface area contributed by atoms with Crippen molar-refractivity contribution in [1.29, 1.82) is 5.26 Å². The predicted molar refractivity (Wildman–Crippen MR) is 102 cm³/mol. The molecule has 134 valence electrons. The Morgan fingerprint density at radius 1 is 1.07 bits per heavy atom. The van der Waals surface area contributed by atoms with E-state index in [0.29, 0.717) is 29.7 Å². The fourth-order valence-corrected chi connectivity index (χ4v) is 4.25. The lowest BCUT2D eigenvalue weighted by atomic mass is 9.69. The quantitative estimate of drug-likeness (QED) is 0.765. The Bertz CT molecular complexity index is 1000. The van der Waals surface area contributed by atoms with Crippen LogP contribution in [0.2, 0.25) is 0 Å². The molecule has 0 amide bonds. The average Bonchev–Trinajstić information content (AvgIpc) is 2.67. The van der Waals surface area contributed by atoms with E-state index in [-0.39, 0.29) is 17.5 Å². The number of hydrogen-bond donors (Lipinski definition) is 0. The van der Waals surface area contributed by atoms with Gasteiger partial charge in [-0.3, -0.25) is 9.79 Å². The van der Waals surface area contributed by atoms with E-state index in [1.807, 2.05) is 37.3 Å². The summed E-state index contributed by atoms with van der Waals surface area (Å²) < 4.78 is 13.8.